The van der Waals surface area contributed by atoms with Crippen LogP contribution in [0.5, 0.6) is 0 Å². The zero-order valence-corrected chi connectivity index (χ0v) is 9.73. The molecular weight excluding hydrogens is 250 g/mol. The second-order valence-corrected chi connectivity index (χ2v) is 5.68. The Balaban J connectivity index is 2.46. The third-order valence-corrected chi connectivity index (χ3v) is 4.51. The van der Waals surface area contributed by atoms with Crippen LogP contribution in [0.2, 0.25) is 0 Å². The van der Waals surface area contributed by atoms with E-state index in [1.54, 1.807) is 0 Å². The summed E-state index contributed by atoms with van der Waals surface area (Å²) in [6.45, 7) is 1.39. The van der Waals surface area contributed by atoms with Crippen molar-refractivity contribution in [2.24, 2.45) is 0 Å². The Kier molecular flexibility index (Phi) is 2.68. The lowest BCUT2D eigenvalue weighted by Gasteiger charge is -2.34. The Hall–Kier alpha value is -1.45. The van der Waals surface area contributed by atoms with Crippen LogP contribution < -0.4 is 0 Å². The summed E-state index contributed by atoms with van der Waals surface area (Å²) >= 11 is 0. The van der Waals surface area contributed by atoms with E-state index in [1.807, 2.05) is 0 Å². The van der Waals surface area contributed by atoms with Crippen molar-refractivity contribution in [1.29, 1.82) is 0 Å². The van der Waals surface area contributed by atoms with Crippen molar-refractivity contribution in [3.8, 4) is 0 Å². The number of β-amino-alcohol motifs (C(OH)–C–C–N with tert-alkyl or cyclic N) is 1. The number of aliphatic hydroxyl groups is 1. The van der Waals surface area contributed by atoms with E-state index in [9.17, 15) is 13.2 Å². The number of aromatic carboxylic acids is 1. The predicted octanol–water partition coefficient (Wildman–Crippen LogP) is -1.22. The van der Waals surface area contributed by atoms with Crippen molar-refractivity contribution in [1.82, 2.24) is 14.5 Å². The van der Waals surface area contributed by atoms with Crippen molar-refractivity contribution in [2.75, 3.05) is 13.1 Å². The molecule has 1 aromatic rings. The molecule has 3 N–H and O–H groups in total. The molecule has 1 aliphatic rings. The third-order valence-electron chi connectivity index (χ3n) is 2.52. The fraction of sp³-hybridized carbons (Fsp3) is 0.500. The number of sulfonamides is 1. The highest BCUT2D eigenvalue weighted by atomic mass is 32.2. The van der Waals surface area contributed by atoms with Crippen molar-refractivity contribution in [3.63, 3.8) is 0 Å². The second kappa shape index (κ2) is 3.79. The zero-order chi connectivity index (χ0) is 12.8. The Morgan fingerprint density at radius 1 is 1.53 bits per heavy atom. The van der Waals surface area contributed by atoms with Crippen LogP contribution in [-0.4, -0.2) is 58.3 Å². The topological polar surface area (TPSA) is 124 Å². The van der Waals surface area contributed by atoms with Gasteiger partial charge >= 0.3 is 5.97 Å². The molecule has 0 aromatic carbocycles. The average Bonchev–Trinajstić information content (AvgIpc) is 2.56. The van der Waals surface area contributed by atoms with Crippen LogP contribution in [0.15, 0.2) is 4.90 Å². The fourth-order valence-electron chi connectivity index (χ4n) is 1.62. The summed E-state index contributed by atoms with van der Waals surface area (Å²) < 4.78 is 25.1. The number of carbonyl (C=O) groups is 1. The Bertz CT molecular complexity index is 558. The number of H-pyrrole nitrogens is 1. The lowest BCUT2D eigenvalue weighted by Crippen LogP contribution is -2.53. The normalized spacial score (nSPS) is 18.0. The molecule has 0 bridgehead atoms. The molecule has 1 aliphatic heterocycles. The molecule has 0 radical (unpaired) electrons. The van der Waals surface area contributed by atoms with E-state index in [2.05, 4.69) is 10.2 Å². The van der Waals surface area contributed by atoms with Gasteiger partial charge in [0.1, 0.15) is 4.90 Å². The molecular formula is C8H11N3O5S. The van der Waals surface area contributed by atoms with Crippen LogP contribution in [0.1, 0.15) is 16.2 Å². The van der Waals surface area contributed by atoms with Gasteiger partial charge < -0.3 is 10.2 Å². The van der Waals surface area contributed by atoms with Crippen molar-refractivity contribution < 1.29 is 23.4 Å². The summed E-state index contributed by atoms with van der Waals surface area (Å²) in [7, 11) is -3.90. The lowest BCUT2D eigenvalue weighted by atomic mass is 10.2. The summed E-state index contributed by atoms with van der Waals surface area (Å²) in [6, 6.07) is 0. The van der Waals surface area contributed by atoms with E-state index in [0.29, 0.717) is 0 Å². The SMILES string of the molecule is Cc1[nH]nc(C(=O)O)c1S(=O)(=O)N1CC(O)C1. The molecule has 2 heterocycles. The van der Waals surface area contributed by atoms with Gasteiger partial charge in [0.05, 0.1) is 11.8 Å². The van der Waals surface area contributed by atoms with Crippen molar-refractivity contribution >= 4 is 16.0 Å². The van der Waals surface area contributed by atoms with Gasteiger partial charge in [-0.1, -0.05) is 0 Å². The zero-order valence-electron chi connectivity index (χ0n) is 8.91. The highest BCUT2D eigenvalue weighted by Gasteiger charge is 2.39. The lowest BCUT2D eigenvalue weighted by molar-refractivity contribution is 0.0546. The maximum atomic E-state index is 12.1. The molecule has 1 saturated heterocycles. The van der Waals surface area contributed by atoms with Crippen LogP contribution in [0.3, 0.4) is 0 Å². The molecule has 1 fully saturated rings. The van der Waals surface area contributed by atoms with Crippen LogP contribution in [0.25, 0.3) is 0 Å². The first-order valence-electron chi connectivity index (χ1n) is 4.80. The molecule has 9 heteroatoms. The maximum absolute atomic E-state index is 12.1. The minimum atomic E-state index is -3.90. The number of nitrogens with zero attached hydrogens (tertiary/aromatic N) is 2. The van der Waals surface area contributed by atoms with Crippen molar-refractivity contribution in [2.45, 2.75) is 17.9 Å². The number of aromatic amines is 1. The molecule has 0 unspecified atom stereocenters. The number of aromatic nitrogens is 2. The monoisotopic (exact) mass is 261 g/mol. The van der Waals surface area contributed by atoms with Gasteiger partial charge in [0.2, 0.25) is 10.0 Å². The first kappa shape index (κ1) is 12.0. The van der Waals surface area contributed by atoms with E-state index in [4.69, 9.17) is 10.2 Å². The first-order chi connectivity index (χ1) is 7.84. The summed E-state index contributed by atoms with van der Waals surface area (Å²) in [6.07, 6.45) is -0.690. The van der Waals surface area contributed by atoms with Crippen LogP contribution in [-0.2, 0) is 10.0 Å². The van der Waals surface area contributed by atoms with Gasteiger partial charge in [-0.15, -0.1) is 0 Å². The minimum Gasteiger partial charge on any atom is -0.476 e. The van der Waals surface area contributed by atoms with Crippen LogP contribution >= 0.6 is 0 Å². The fourth-order valence-corrected chi connectivity index (χ4v) is 3.43. The highest BCUT2D eigenvalue weighted by molar-refractivity contribution is 7.89. The number of aliphatic hydroxyl groups excluding tert-OH is 1. The van der Waals surface area contributed by atoms with Gasteiger partial charge in [0.25, 0.3) is 0 Å². The minimum absolute atomic E-state index is 0.0218. The highest BCUT2D eigenvalue weighted by Crippen LogP contribution is 2.25. The molecule has 0 amide bonds. The molecule has 1 aromatic heterocycles. The van der Waals surface area contributed by atoms with E-state index < -0.39 is 27.8 Å². The molecule has 8 nitrogen and oxygen atoms in total. The summed E-state index contributed by atoms with van der Waals surface area (Å²) in [5.41, 5.74) is -0.354. The number of hydrogen-bond donors (Lipinski definition) is 3. The molecule has 0 saturated carbocycles. The van der Waals surface area contributed by atoms with Gasteiger partial charge in [-0.25, -0.2) is 13.2 Å². The van der Waals surface area contributed by atoms with Gasteiger partial charge in [-0.2, -0.15) is 9.40 Å². The maximum Gasteiger partial charge on any atom is 0.357 e. The van der Waals surface area contributed by atoms with Crippen LogP contribution in [0.4, 0.5) is 0 Å². The number of nitrogens with one attached hydrogen (secondary N) is 1. The molecule has 2 rings (SSSR count). The van der Waals surface area contributed by atoms with E-state index in [1.165, 1.54) is 6.92 Å². The van der Waals surface area contributed by atoms with Gasteiger partial charge in [0.15, 0.2) is 5.69 Å². The summed E-state index contributed by atoms with van der Waals surface area (Å²) in [5.74, 6) is -1.41. The first-order valence-corrected chi connectivity index (χ1v) is 6.24. The summed E-state index contributed by atoms with van der Waals surface area (Å²) in [5, 5.41) is 23.7. The van der Waals surface area contributed by atoms with E-state index in [-0.39, 0.29) is 23.7 Å². The molecule has 94 valence electrons. The quantitative estimate of drug-likeness (QED) is 0.626. The van der Waals surface area contributed by atoms with Gasteiger partial charge in [-0.05, 0) is 6.92 Å². The van der Waals surface area contributed by atoms with E-state index >= 15 is 0 Å². The number of carboxylic acids is 1. The van der Waals surface area contributed by atoms with E-state index in [0.717, 1.165) is 4.31 Å². The van der Waals surface area contributed by atoms with Gasteiger partial charge in [-0.3, -0.25) is 5.10 Å². The van der Waals surface area contributed by atoms with Crippen LogP contribution in [0, 0.1) is 6.92 Å². The number of aryl methyl sites for hydroxylation is 1. The third kappa shape index (κ3) is 1.81. The van der Waals surface area contributed by atoms with Crippen molar-refractivity contribution in [3.05, 3.63) is 11.4 Å². The number of hydrogen-bond acceptors (Lipinski definition) is 5. The molecule has 17 heavy (non-hydrogen) atoms. The second-order valence-electron chi connectivity index (χ2n) is 3.81. The Morgan fingerprint density at radius 2 is 2.12 bits per heavy atom. The largest absolute Gasteiger partial charge is 0.476 e. The predicted molar refractivity (Wildman–Crippen MR) is 55.0 cm³/mol. The Morgan fingerprint density at radius 3 is 2.59 bits per heavy atom. The van der Waals surface area contributed by atoms with Gasteiger partial charge in [0, 0.05) is 13.1 Å². The standard InChI is InChI=1S/C8H11N3O5S/c1-4-7(6(8(13)14)10-9-4)17(15,16)11-2-5(12)3-11/h5,12H,2-3H2,1H3,(H,9,10)(H,13,14). The molecule has 0 aliphatic carbocycles. The summed E-state index contributed by atoms with van der Waals surface area (Å²) in [4.78, 5) is 10.5. The average molecular weight is 261 g/mol. The Labute approximate surface area is 96.9 Å². The number of carboxylic acid groups (broad SMARTS) is 1. The molecule has 0 atom stereocenters. The smallest absolute Gasteiger partial charge is 0.357 e. The number of rotatable bonds is 3. The molecule has 0 spiro atoms.